The summed E-state index contributed by atoms with van der Waals surface area (Å²) in [5.41, 5.74) is 5.70. The molecule has 0 aliphatic carbocycles. The minimum Gasteiger partial charge on any atom is -0.488 e. The van der Waals surface area contributed by atoms with Crippen LogP contribution in [-0.2, 0) is 0 Å². The van der Waals surface area contributed by atoms with Crippen LogP contribution >= 0.6 is 0 Å². The quantitative estimate of drug-likeness (QED) is 0.671. The number of nitrogens with zero attached hydrogens (tertiary/aromatic N) is 1. The molecule has 0 radical (unpaired) electrons. The van der Waals surface area contributed by atoms with E-state index in [2.05, 4.69) is 5.32 Å². The Balaban J connectivity index is 2.83. The monoisotopic (exact) mass is 299 g/mol. The third-order valence-electron chi connectivity index (χ3n) is 2.78. The zero-order chi connectivity index (χ0) is 16.2. The number of nitrogen functional groups attached to an aromatic ring is 1. The largest absolute Gasteiger partial charge is 0.488 e. The van der Waals surface area contributed by atoms with E-state index in [9.17, 15) is 9.50 Å². The number of aliphatic hydroxyl groups is 1. The first-order valence-electron chi connectivity index (χ1n) is 6.97. The Kier molecular flexibility index (Phi) is 5.80. The molecule has 5 nitrogen and oxygen atoms in total. The lowest BCUT2D eigenvalue weighted by Crippen LogP contribution is -2.43. The van der Waals surface area contributed by atoms with Crippen molar-refractivity contribution >= 4 is 11.4 Å². The molecule has 0 aliphatic heterocycles. The van der Waals surface area contributed by atoms with Gasteiger partial charge in [0.15, 0.2) is 11.6 Å². The summed E-state index contributed by atoms with van der Waals surface area (Å²) in [7, 11) is 3.77. The molecule has 1 unspecified atom stereocenters. The first-order chi connectivity index (χ1) is 9.60. The Bertz CT molecular complexity index is 476. The zero-order valence-corrected chi connectivity index (χ0v) is 13.4. The van der Waals surface area contributed by atoms with Crippen molar-refractivity contribution < 1.29 is 14.2 Å². The maximum atomic E-state index is 13.7. The molecule has 0 aromatic heterocycles. The summed E-state index contributed by atoms with van der Waals surface area (Å²) >= 11 is 0. The van der Waals surface area contributed by atoms with E-state index < -0.39 is 11.4 Å². The lowest BCUT2D eigenvalue weighted by molar-refractivity contribution is 0.0460. The number of rotatable bonds is 7. The SMILES string of the molecule is CC(C)Oc1cc(NCC(C)(O)CN(C)C)c(N)cc1F. The number of hydrogen-bond donors (Lipinski definition) is 3. The number of anilines is 2. The van der Waals surface area contributed by atoms with Gasteiger partial charge in [0.1, 0.15) is 0 Å². The molecule has 0 spiro atoms. The second-order valence-electron chi connectivity index (χ2n) is 6.12. The van der Waals surface area contributed by atoms with Gasteiger partial charge in [-0.15, -0.1) is 0 Å². The van der Waals surface area contributed by atoms with Gasteiger partial charge in [-0.05, 0) is 34.9 Å². The first-order valence-corrected chi connectivity index (χ1v) is 6.97. The molecule has 0 heterocycles. The summed E-state index contributed by atoms with van der Waals surface area (Å²) < 4.78 is 19.1. The molecular weight excluding hydrogens is 273 g/mol. The summed E-state index contributed by atoms with van der Waals surface area (Å²) in [6, 6.07) is 2.75. The van der Waals surface area contributed by atoms with Crippen molar-refractivity contribution in [3.63, 3.8) is 0 Å². The fourth-order valence-electron chi connectivity index (χ4n) is 2.09. The highest BCUT2D eigenvalue weighted by molar-refractivity contribution is 5.68. The van der Waals surface area contributed by atoms with Crippen LogP contribution in [0.15, 0.2) is 12.1 Å². The average molecular weight is 299 g/mol. The molecule has 0 saturated carbocycles. The number of nitrogens with one attached hydrogen (secondary N) is 1. The van der Waals surface area contributed by atoms with Crippen LogP contribution in [0.25, 0.3) is 0 Å². The van der Waals surface area contributed by atoms with Crippen molar-refractivity contribution in [2.24, 2.45) is 0 Å². The Morgan fingerprint density at radius 2 is 2.05 bits per heavy atom. The molecule has 6 heteroatoms. The van der Waals surface area contributed by atoms with Crippen LogP contribution in [0.1, 0.15) is 20.8 Å². The second-order valence-corrected chi connectivity index (χ2v) is 6.12. The van der Waals surface area contributed by atoms with Crippen LogP contribution in [0.3, 0.4) is 0 Å². The molecule has 1 aromatic rings. The van der Waals surface area contributed by atoms with Crippen LogP contribution in [0.2, 0.25) is 0 Å². The number of nitrogens with two attached hydrogens (primary N) is 1. The smallest absolute Gasteiger partial charge is 0.167 e. The van der Waals surface area contributed by atoms with Crippen molar-refractivity contribution in [3.8, 4) is 5.75 Å². The molecule has 0 amide bonds. The standard InChI is InChI=1S/C15H26FN3O2/c1-10(2)21-14-7-13(12(17)6-11(14)16)18-8-15(3,20)9-19(4)5/h6-7,10,18,20H,8-9,17H2,1-5H3. The van der Waals surface area contributed by atoms with Gasteiger partial charge in [-0.3, -0.25) is 0 Å². The average Bonchev–Trinajstić information content (AvgIpc) is 2.29. The number of hydrogen-bond acceptors (Lipinski definition) is 5. The summed E-state index contributed by atoms with van der Waals surface area (Å²) in [6.45, 7) is 6.17. The predicted octanol–water partition coefficient (Wildman–Crippen LogP) is 1.92. The van der Waals surface area contributed by atoms with Crippen LogP contribution in [0, 0.1) is 5.82 Å². The van der Waals surface area contributed by atoms with E-state index in [0.717, 1.165) is 0 Å². The van der Waals surface area contributed by atoms with E-state index in [1.807, 2.05) is 32.8 Å². The van der Waals surface area contributed by atoms with Crippen molar-refractivity contribution in [3.05, 3.63) is 17.9 Å². The van der Waals surface area contributed by atoms with Crippen LogP contribution in [0.4, 0.5) is 15.8 Å². The molecule has 21 heavy (non-hydrogen) atoms. The molecule has 120 valence electrons. The molecular formula is C15H26FN3O2. The Labute approximate surface area is 125 Å². The van der Waals surface area contributed by atoms with E-state index >= 15 is 0 Å². The second kappa shape index (κ2) is 6.95. The molecule has 4 N–H and O–H groups in total. The van der Waals surface area contributed by atoms with Crippen molar-refractivity contribution in [1.29, 1.82) is 0 Å². The lowest BCUT2D eigenvalue weighted by atomic mass is 10.1. The fourth-order valence-corrected chi connectivity index (χ4v) is 2.09. The van der Waals surface area contributed by atoms with Gasteiger partial charge in [0.05, 0.1) is 23.1 Å². The first kappa shape index (κ1) is 17.5. The highest BCUT2D eigenvalue weighted by Crippen LogP contribution is 2.29. The van der Waals surface area contributed by atoms with Gasteiger partial charge < -0.3 is 25.8 Å². The van der Waals surface area contributed by atoms with Gasteiger partial charge in [-0.1, -0.05) is 0 Å². The third-order valence-corrected chi connectivity index (χ3v) is 2.78. The topological polar surface area (TPSA) is 70.8 Å². The highest BCUT2D eigenvalue weighted by atomic mass is 19.1. The molecule has 0 fully saturated rings. The predicted molar refractivity (Wildman–Crippen MR) is 84.2 cm³/mol. The minimum absolute atomic E-state index is 0.132. The number of ether oxygens (including phenoxy) is 1. The number of benzene rings is 1. The zero-order valence-electron chi connectivity index (χ0n) is 13.4. The number of likely N-dealkylation sites (N-methyl/N-ethyl adjacent to an activating group) is 1. The van der Waals surface area contributed by atoms with Crippen LogP contribution in [-0.4, -0.2) is 48.9 Å². The van der Waals surface area contributed by atoms with Gasteiger partial charge in [0.25, 0.3) is 0 Å². The van der Waals surface area contributed by atoms with E-state index in [4.69, 9.17) is 10.5 Å². The molecule has 1 aromatic carbocycles. The Hall–Kier alpha value is -1.53. The van der Waals surface area contributed by atoms with Crippen molar-refractivity contribution in [1.82, 2.24) is 4.90 Å². The van der Waals surface area contributed by atoms with Crippen molar-refractivity contribution in [2.75, 3.05) is 38.2 Å². The molecule has 0 bridgehead atoms. The molecule has 0 saturated heterocycles. The molecule has 1 atom stereocenters. The summed E-state index contributed by atoms with van der Waals surface area (Å²) in [6.07, 6.45) is -0.132. The maximum absolute atomic E-state index is 13.7. The van der Waals surface area contributed by atoms with Gasteiger partial charge in [0, 0.05) is 25.2 Å². The maximum Gasteiger partial charge on any atom is 0.167 e. The van der Waals surface area contributed by atoms with Crippen LogP contribution < -0.4 is 15.8 Å². The highest BCUT2D eigenvalue weighted by Gasteiger charge is 2.21. The van der Waals surface area contributed by atoms with E-state index in [1.54, 1.807) is 6.92 Å². The van der Waals surface area contributed by atoms with E-state index in [-0.39, 0.29) is 17.5 Å². The van der Waals surface area contributed by atoms with Gasteiger partial charge in [0.2, 0.25) is 0 Å². The van der Waals surface area contributed by atoms with Gasteiger partial charge in [-0.25, -0.2) is 4.39 Å². The summed E-state index contributed by atoms with van der Waals surface area (Å²) in [4.78, 5) is 1.89. The van der Waals surface area contributed by atoms with Crippen LogP contribution in [0.5, 0.6) is 5.75 Å². The van der Waals surface area contributed by atoms with E-state index in [0.29, 0.717) is 18.8 Å². The Morgan fingerprint density at radius 3 is 2.57 bits per heavy atom. The third kappa shape index (κ3) is 5.77. The Morgan fingerprint density at radius 1 is 1.43 bits per heavy atom. The van der Waals surface area contributed by atoms with E-state index in [1.165, 1.54) is 12.1 Å². The van der Waals surface area contributed by atoms with Gasteiger partial charge >= 0.3 is 0 Å². The normalized spacial score (nSPS) is 14.3. The molecule has 1 rings (SSSR count). The number of halogens is 1. The van der Waals surface area contributed by atoms with Crippen molar-refractivity contribution in [2.45, 2.75) is 32.5 Å². The van der Waals surface area contributed by atoms with Gasteiger partial charge in [-0.2, -0.15) is 0 Å². The minimum atomic E-state index is -0.927. The summed E-state index contributed by atoms with van der Waals surface area (Å²) in [5, 5.41) is 13.3. The lowest BCUT2D eigenvalue weighted by Gasteiger charge is -2.28. The fraction of sp³-hybridized carbons (Fsp3) is 0.600. The summed E-state index contributed by atoms with van der Waals surface area (Å²) in [5.74, 6) is -0.347. The molecule has 0 aliphatic rings.